The number of H-pyrrole nitrogens is 2. The molecule has 0 fully saturated rings. The van der Waals surface area contributed by atoms with E-state index in [2.05, 4.69) is 15.3 Å². The maximum Gasteiger partial charge on any atom is 0.416 e. The number of benzene rings is 2. The lowest BCUT2D eigenvalue weighted by molar-refractivity contribution is -0.144. The van der Waals surface area contributed by atoms with E-state index in [4.69, 9.17) is 14.7 Å². The van der Waals surface area contributed by atoms with Gasteiger partial charge in [-0.15, -0.1) is 0 Å². The fourth-order valence-corrected chi connectivity index (χ4v) is 10.0. The number of fused-ring (bicyclic) bond motifs is 8. The van der Waals surface area contributed by atoms with Crippen molar-refractivity contribution in [3.8, 4) is 23.0 Å². The van der Waals surface area contributed by atoms with E-state index in [9.17, 15) is 67.7 Å². The predicted octanol–water partition coefficient (Wildman–Crippen LogP) is 14.2. The first-order valence-electron chi connectivity index (χ1n) is 23.2. The quantitative estimate of drug-likeness (QED) is 0.0678. The number of halogens is 12. The number of alkyl halides is 12. The molecule has 22 heteroatoms. The number of nitrogens with zero attached hydrogens (tertiary/aromatic N) is 3. The van der Waals surface area contributed by atoms with Crippen LogP contribution in [0, 0.1) is 20.8 Å². The lowest BCUT2D eigenvalue weighted by atomic mass is 9.89. The maximum atomic E-state index is 14.1. The highest BCUT2D eigenvalue weighted by molar-refractivity contribution is 6.04. The van der Waals surface area contributed by atoms with Gasteiger partial charge in [0, 0.05) is 58.8 Å². The summed E-state index contributed by atoms with van der Waals surface area (Å²) in [5.41, 5.74) is -1.85. The van der Waals surface area contributed by atoms with Gasteiger partial charge in [-0.05, 0) is 134 Å². The number of carbonyl (C=O) groups excluding carboxylic acids is 1. The Morgan fingerprint density at radius 2 is 1.27 bits per heavy atom. The zero-order chi connectivity index (χ0) is 54.3. The summed E-state index contributed by atoms with van der Waals surface area (Å²) in [4.78, 5) is 29.4. The number of methoxy groups -OCH3 is 1. The predicted molar refractivity (Wildman–Crippen MR) is 251 cm³/mol. The van der Waals surface area contributed by atoms with Crippen molar-refractivity contribution in [1.29, 1.82) is 0 Å². The van der Waals surface area contributed by atoms with Crippen LogP contribution >= 0.6 is 0 Å². The van der Waals surface area contributed by atoms with Crippen LogP contribution < -0.4 is 5.32 Å². The largest absolute Gasteiger partial charge is 0.494 e. The minimum atomic E-state index is -5.21. The van der Waals surface area contributed by atoms with Crippen molar-refractivity contribution < 1.29 is 72.4 Å². The highest BCUT2D eigenvalue weighted by Gasteiger charge is 2.39. The Labute approximate surface area is 414 Å². The number of hydrogen-bond acceptors (Lipinski definition) is 7. The van der Waals surface area contributed by atoms with Crippen LogP contribution in [0.1, 0.15) is 124 Å². The number of aromatic nitrogens is 5. The highest BCUT2D eigenvalue weighted by atomic mass is 19.4. The number of esters is 1. The Morgan fingerprint density at radius 1 is 0.716 bits per heavy atom. The SMILES string of the molecule is CCC1c2cc3nc4c(c(O)n(Cc5cc(C(F)(F)F)cc(C(F)(F)F)c5)c(O)c-4c3C)c3[nH]c(cc4[nH]c(cc(n2)C1C)c(C(C)NCc1cc(C(F)(F)F)cc(C(F)(F)F)c1)c4C)c(C)c3CCC(=O)OC. The third kappa shape index (κ3) is 10.0. The van der Waals surface area contributed by atoms with Gasteiger partial charge in [-0.2, -0.15) is 52.7 Å². The van der Waals surface area contributed by atoms with Gasteiger partial charge in [-0.25, -0.2) is 4.98 Å². The molecule has 8 bridgehead atoms. The fraction of sp³-hybridized carbons (Fsp3) is 0.365. The molecule has 394 valence electrons. The van der Waals surface area contributed by atoms with Gasteiger partial charge in [-0.3, -0.25) is 14.3 Å². The monoisotopic (exact) mass is 1050 g/mol. The minimum Gasteiger partial charge on any atom is -0.494 e. The van der Waals surface area contributed by atoms with Gasteiger partial charge in [0.05, 0.1) is 63.6 Å². The average molecular weight is 1050 g/mol. The Morgan fingerprint density at radius 3 is 1.81 bits per heavy atom. The molecular weight excluding hydrogens is 1000 g/mol. The van der Waals surface area contributed by atoms with Crippen molar-refractivity contribution in [2.45, 2.75) is 116 Å². The van der Waals surface area contributed by atoms with Crippen molar-refractivity contribution >= 4 is 38.9 Å². The molecule has 0 radical (unpaired) electrons. The summed E-state index contributed by atoms with van der Waals surface area (Å²) in [7, 11) is 1.18. The molecule has 3 aliphatic rings. The van der Waals surface area contributed by atoms with E-state index in [-0.39, 0.29) is 70.1 Å². The summed E-state index contributed by atoms with van der Waals surface area (Å²) in [6.45, 7) is 9.29. The van der Waals surface area contributed by atoms with E-state index in [1.54, 1.807) is 39.8 Å². The summed E-state index contributed by atoms with van der Waals surface area (Å²) in [5.74, 6) is -2.66. The molecule has 3 atom stereocenters. The standard InChI is InChI=1S/C52H48F12N6O4/c1-8-33-22(2)35-19-40-42(26(6)65-20-27-11-29(49(53,54)55)15-30(12-27)50(56,57)58)24(4)37(67-40)17-36-23(3)34(9-10-41(71)74-7)45(68-36)44-46-43(25(5)38(69-46)18-39(33)66-35)47(72)70(48(44)73)21-28-13-31(51(59,60)61)16-32(14-28)52(62,63)64/h11-19,22,26,33,65,67-68,72-73H,8-10,20-21H2,1-7H3. The lowest BCUT2D eigenvalue weighted by Crippen LogP contribution is -2.20. The van der Waals surface area contributed by atoms with Crippen molar-refractivity contribution in [2.24, 2.45) is 0 Å². The molecule has 74 heavy (non-hydrogen) atoms. The van der Waals surface area contributed by atoms with Crippen molar-refractivity contribution in [1.82, 2.24) is 29.8 Å². The van der Waals surface area contributed by atoms with E-state index >= 15 is 0 Å². The molecule has 0 aliphatic carbocycles. The Kier molecular flexibility index (Phi) is 13.7. The molecule has 3 unspecified atom stereocenters. The number of aromatic hydroxyl groups is 2. The van der Waals surface area contributed by atoms with Crippen LogP contribution in [0.4, 0.5) is 52.7 Å². The van der Waals surface area contributed by atoms with E-state index < -0.39 is 89.4 Å². The summed E-state index contributed by atoms with van der Waals surface area (Å²) >= 11 is 0. The molecule has 0 spiro atoms. The van der Waals surface area contributed by atoms with Crippen LogP contribution in [0.5, 0.6) is 11.8 Å². The van der Waals surface area contributed by atoms with Crippen LogP contribution in [0.15, 0.2) is 54.6 Å². The number of rotatable bonds is 10. The summed E-state index contributed by atoms with van der Waals surface area (Å²) in [6.07, 6.45) is -20.2. The van der Waals surface area contributed by atoms with E-state index in [0.29, 0.717) is 86.4 Å². The Bertz CT molecular complexity index is 3370. The zero-order valence-corrected chi connectivity index (χ0v) is 40.6. The van der Waals surface area contributed by atoms with E-state index in [1.165, 1.54) is 7.11 Å². The van der Waals surface area contributed by atoms with E-state index in [0.717, 1.165) is 4.57 Å². The van der Waals surface area contributed by atoms with Gasteiger partial charge in [0.25, 0.3) is 0 Å². The number of hydrogen-bond donors (Lipinski definition) is 5. The normalized spacial score (nSPS) is 15.7. The molecular formula is C52H48F12N6O4. The number of nitrogens with one attached hydrogen (secondary N) is 3. The van der Waals surface area contributed by atoms with Crippen molar-refractivity contribution in [2.75, 3.05) is 7.11 Å². The first-order valence-corrected chi connectivity index (χ1v) is 23.2. The number of pyridine rings is 1. The molecule has 6 heterocycles. The van der Waals surface area contributed by atoms with Crippen LogP contribution in [0.2, 0.25) is 0 Å². The van der Waals surface area contributed by atoms with Crippen LogP contribution in [0.3, 0.4) is 0 Å². The van der Waals surface area contributed by atoms with Gasteiger partial charge in [0.1, 0.15) is 0 Å². The number of aromatic amines is 2. The fourth-order valence-electron chi connectivity index (χ4n) is 10.0. The van der Waals surface area contributed by atoms with Crippen LogP contribution in [-0.4, -0.2) is 47.8 Å². The molecule has 5 N–H and O–H groups in total. The molecule has 2 aromatic carbocycles. The van der Waals surface area contributed by atoms with Gasteiger partial charge in [0.15, 0.2) is 0 Å². The van der Waals surface area contributed by atoms with Crippen LogP contribution in [0.25, 0.3) is 44.2 Å². The number of aryl methyl sites for hydroxylation is 4. The van der Waals surface area contributed by atoms with E-state index in [1.807, 2.05) is 19.9 Å². The molecule has 10 nitrogen and oxygen atoms in total. The molecule has 3 aromatic heterocycles. The molecule has 5 aromatic rings. The number of ether oxygens (including phenoxy) is 1. The molecule has 0 amide bonds. The summed E-state index contributed by atoms with van der Waals surface area (Å²) in [6, 6.07) is 6.73. The molecule has 3 aliphatic heterocycles. The third-order valence-electron chi connectivity index (χ3n) is 14.0. The van der Waals surface area contributed by atoms with Gasteiger partial charge >= 0.3 is 30.7 Å². The molecule has 8 rings (SSSR count). The first kappa shape index (κ1) is 53.3. The van der Waals surface area contributed by atoms with Crippen molar-refractivity contribution in [3.63, 3.8) is 0 Å². The topological polar surface area (TPSA) is 141 Å². The lowest BCUT2D eigenvalue weighted by Gasteiger charge is -2.20. The molecule has 0 saturated heterocycles. The summed E-state index contributed by atoms with van der Waals surface area (Å²) in [5, 5.41) is 27.4. The highest BCUT2D eigenvalue weighted by Crippen LogP contribution is 2.48. The average Bonchev–Trinajstić information content (AvgIpc) is 4.00. The van der Waals surface area contributed by atoms with Gasteiger partial charge in [-0.1, -0.05) is 13.8 Å². The van der Waals surface area contributed by atoms with Gasteiger partial charge in [0.2, 0.25) is 11.8 Å². The van der Waals surface area contributed by atoms with Gasteiger partial charge < -0.3 is 30.2 Å². The second-order valence-corrected chi connectivity index (χ2v) is 18.7. The Balaban J connectivity index is 1.43. The third-order valence-corrected chi connectivity index (χ3v) is 14.0. The zero-order valence-electron chi connectivity index (χ0n) is 40.6. The first-order chi connectivity index (χ1) is 34.4. The minimum absolute atomic E-state index is 0.00105. The summed E-state index contributed by atoms with van der Waals surface area (Å²) < 4.78 is 173. The number of carbonyl (C=O) groups is 1. The smallest absolute Gasteiger partial charge is 0.416 e. The maximum absolute atomic E-state index is 14.1. The van der Waals surface area contributed by atoms with Crippen LogP contribution in [-0.2, 0) is 53.7 Å². The second-order valence-electron chi connectivity index (χ2n) is 18.7. The molecule has 0 saturated carbocycles. The Hall–Kier alpha value is -6.97. The van der Waals surface area contributed by atoms with Crippen molar-refractivity contribution in [3.05, 3.63) is 127 Å². The second kappa shape index (κ2) is 19.1.